The summed E-state index contributed by atoms with van der Waals surface area (Å²) >= 11 is 0. The van der Waals surface area contributed by atoms with Crippen LogP contribution in [0.4, 0.5) is 0 Å². The molecule has 2 N–H and O–H groups in total. The molecule has 2 nitrogen and oxygen atoms in total. The van der Waals surface area contributed by atoms with Gasteiger partial charge in [0, 0.05) is 12.1 Å². The van der Waals surface area contributed by atoms with Crippen LogP contribution in [0.3, 0.4) is 0 Å². The number of rotatable bonds is 3. The number of benzene rings is 1. The molecule has 1 aliphatic carbocycles. The molecule has 1 heterocycles. The van der Waals surface area contributed by atoms with Crippen LogP contribution in [0.1, 0.15) is 44.6 Å². The molecular weight excluding hydrogens is 256 g/mol. The lowest BCUT2D eigenvalue weighted by molar-refractivity contribution is 0.0791. The summed E-state index contributed by atoms with van der Waals surface area (Å²) in [5, 5.41) is 0. The van der Waals surface area contributed by atoms with Gasteiger partial charge in [0.25, 0.3) is 0 Å². The summed E-state index contributed by atoms with van der Waals surface area (Å²) in [4.78, 5) is 2.70. The molecule has 0 amide bonds. The van der Waals surface area contributed by atoms with Crippen LogP contribution in [0.5, 0.6) is 0 Å². The van der Waals surface area contributed by atoms with E-state index in [9.17, 15) is 0 Å². The van der Waals surface area contributed by atoms with E-state index in [1.54, 1.807) is 0 Å². The van der Waals surface area contributed by atoms with Gasteiger partial charge >= 0.3 is 0 Å². The third-order valence-electron chi connectivity index (χ3n) is 5.62. The second-order valence-corrected chi connectivity index (χ2v) is 7.32. The second kappa shape index (κ2) is 6.93. The molecule has 116 valence electrons. The molecule has 2 heteroatoms. The average molecular weight is 286 g/mol. The van der Waals surface area contributed by atoms with Crippen molar-refractivity contribution in [2.75, 3.05) is 13.1 Å². The molecule has 1 aromatic carbocycles. The van der Waals surface area contributed by atoms with Crippen LogP contribution in [0.15, 0.2) is 30.3 Å². The summed E-state index contributed by atoms with van der Waals surface area (Å²) in [5.74, 6) is 1.72. The molecule has 0 aromatic heterocycles. The lowest BCUT2D eigenvalue weighted by atomic mass is 9.81. The van der Waals surface area contributed by atoms with E-state index in [4.69, 9.17) is 5.73 Å². The lowest BCUT2D eigenvalue weighted by Gasteiger charge is -2.43. The minimum atomic E-state index is 0.409. The van der Waals surface area contributed by atoms with Gasteiger partial charge in [-0.25, -0.2) is 0 Å². The third-order valence-corrected chi connectivity index (χ3v) is 5.62. The molecule has 0 radical (unpaired) electrons. The van der Waals surface area contributed by atoms with Crippen molar-refractivity contribution < 1.29 is 0 Å². The molecule has 2 aliphatic rings. The van der Waals surface area contributed by atoms with Crippen LogP contribution >= 0.6 is 0 Å². The lowest BCUT2D eigenvalue weighted by Crippen LogP contribution is -2.53. The first-order valence-corrected chi connectivity index (χ1v) is 8.76. The van der Waals surface area contributed by atoms with Gasteiger partial charge < -0.3 is 5.73 Å². The van der Waals surface area contributed by atoms with E-state index >= 15 is 0 Å². The minimum Gasteiger partial charge on any atom is -0.326 e. The number of piperidine rings is 1. The van der Waals surface area contributed by atoms with E-state index in [2.05, 4.69) is 42.2 Å². The third kappa shape index (κ3) is 3.87. The predicted molar refractivity (Wildman–Crippen MR) is 89.2 cm³/mol. The fourth-order valence-corrected chi connectivity index (χ4v) is 4.23. The Morgan fingerprint density at radius 1 is 1.05 bits per heavy atom. The Hall–Kier alpha value is -0.860. The van der Waals surface area contributed by atoms with Crippen molar-refractivity contribution in [3.63, 3.8) is 0 Å². The molecule has 21 heavy (non-hydrogen) atoms. The van der Waals surface area contributed by atoms with Crippen LogP contribution < -0.4 is 5.73 Å². The first kappa shape index (κ1) is 15.1. The van der Waals surface area contributed by atoms with Gasteiger partial charge in [-0.2, -0.15) is 0 Å². The van der Waals surface area contributed by atoms with Gasteiger partial charge in [-0.3, -0.25) is 4.90 Å². The average Bonchev–Trinajstić information content (AvgIpc) is 2.52. The molecule has 1 aromatic rings. The molecule has 0 bridgehead atoms. The Morgan fingerprint density at radius 3 is 2.48 bits per heavy atom. The van der Waals surface area contributed by atoms with Crippen molar-refractivity contribution in [3.05, 3.63) is 35.9 Å². The zero-order valence-electron chi connectivity index (χ0n) is 13.4. The van der Waals surface area contributed by atoms with Gasteiger partial charge in [-0.05, 0) is 69.0 Å². The van der Waals surface area contributed by atoms with E-state index < -0.39 is 0 Å². The Labute approximate surface area is 129 Å². The second-order valence-electron chi connectivity index (χ2n) is 7.32. The maximum atomic E-state index is 6.39. The summed E-state index contributed by atoms with van der Waals surface area (Å²) in [5.41, 5.74) is 7.89. The fourth-order valence-electron chi connectivity index (χ4n) is 4.23. The Morgan fingerprint density at radius 2 is 1.76 bits per heavy atom. The summed E-state index contributed by atoms with van der Waals surface area (Å²) in [6.45, 7) is 4.90. The zero-order valence-corrected chi connectivity index (χ0v) is 13.4. The van der Waals surface area contributed by atoms with Crippen LogP contribution in [-0.4, -0.2) is 30.1 Å². The van der Waals surface area contributed by atoms with Crippen LogP contribution in [0.25, 0.3) is 0 Å². The highest BCUT2D eigenvalue weighted by Gasteiger charge is 2.32. The van der Waals surface area contributed by atoms with E-state index in [-0.39, 0.29) is 0 Å². The maximum absolute atomic E-state index is 6.39. The van der Waals surface area contributed by atoms with Gasteiger partial charge in [0.05, 0.1) is 0 Å². The highest BCUT2D eigenvalue weighted by molar-refractivity contribution is 5.15. The number of hydrogen-bond acceptors (Lipinski definition) is 2. The largest absolute Gasteiger partial charge is 0.326 e. The first-order chi connectivity index (χ1) is 10.2. The quantitative estimate of drug-likeness (QED) is 0.922. The summed E-state index contributed by atoms with van der Waals surface area (Å²) in [6.07, 6.45) is 7.78. The van der Waals surface area contributed by atoms with Crippen molar-refractivity contribution in [3.8, 4) is 0 Å². The molecule has 0 spiro atoms. The summed E-state index contributed by atoms with van der Waals surface area (Å²) in [6, 6.07) is 12.0. The van der Waals surface area contributed by atoms with Crippen LogP contribution in [0.2, 0.25) is 0 Å². The summed E-state index contributed by atoms with van der Waals surface area (Å²) in [7, 11) is 0. The minimum absolute atomic E-state index is 0.409. The van der Waals surface area contributed by atoms with Gasteiger partial charge in [-0.1, -0.05) is 37.3 Å². The number of nitrogens with zero attached hydrogens (tertiary/aromatic N) is 1. The maximum Gasteiger partial charge on any atom is 0.0249 e. The Balaban J connectivity index is 1.50. The van der Waals surface area contributed by atoms with Gasteiger partial charge in [0.2, 0.25) is 0 Å². The van der Waals surface area contributed by atoms with Gasteiger partial charge in [0.1, 0.15) is 0 Å². The van der Waals surface area contributed by atoms with E-state index in [1.807, 2.05) is 0 Å². The van der Waals surface area contributed by atoms with Crippen LogP contribution in [0, 0.1) is 11.8 Å². The van der Waals surface area contributed by atoms with E-state index in [1.165, 1.54) is 57.2 Å². The smallest absolute Gasteiger partial charge is 0.0249 e. The first-order valence-electron chi connectivity index (χ1n) is 8.76. The fraction of sp³-hybridized carbons (Fsp3) is 0.684. The van der Waals surface area contributed by atoms with Gasteiger partial charge in [0.15, 0.2) is 0 Å². The monoisotopic (exact) mass is 286 g/mol. The van der Waals surface area contributed by atoms with Gasteiger partial charge in [-0.15, -0.1) is 0 Å². The number of hydrogen-bond donors (Lipinski definition) is 1. The molecule has 1 saturated carbocycles. The molecule has 3 atom stereocenters. The van der Waals surface area contributed by atoms with Crippen molar-refractivity contribution >= 4 is 0 Å². The van der Waals surface area contributed by atoms with Crippen molar-refractivity contribution in [2.24, 2.45) is 17.6 Å². The van der Waals surface area contributed by atoms with E-state index in [0.717, 1.165) is 11.8 Å². The molecule has 3 rings (SSSR count). The normalized spacial score (nSPS) is 32.2. The zero-order chi connectivity index (χ0) is 14.7. The molecule has 1 aliphatic heterocycles. The highest BCUT2D eigenvalue weighted by atomic mass is 15.2. The van der Waals surface area contributed by atoms with E-state index in [0.29, 0.717) is 12.1 Å². The van der Waals surface area contributed by atoms with Crippen molar-refractivity contribution in [2.45, 2.75) is 57.5 Å². The van der Waals surface area contributed by atoms with Crippen molar-refractivity contribution in [1.82, 2.24) is 4.90 Å². The topological polar surface area (TPSA) is 29.3 Å². The standard InChI is InChI=1S/C19H30N2/c1-15-7-8-18(20)19(13-15)21-11-9-17(10-12-21)14-16-5-3-2-4-6-16/h2-6,15,17-19H,7-14,20H2,1H3. The predicted octanol–water partition coefficient (Wildman–Crippen LogP) is 3.46. The molecule has 3 unspecified atom stereocenters. The molecule has 1 saturated heterocycles. The SMILES string of the molecule is CC1CCC(N)C(N2CCC(Cc3ccccc3)CC2)C1. The number of nitrogens with two attached hydrogens (primary N) is 1. The molecule has 2 fully saturated rings. The van der Waals surface area contributed by atoms with Crippen LogP contribution in [-0.2, 0) is 6.42 Å². The summed E-state index contributed by atoms with van der Waals surface area (Å²) < 4.78 is 0. The Kier molecular flexibility index (Phi) is 4.97. The number of likely N-dealkylation sites (tertiary alicyclic amines) is 1. The molecular formula is C19H30N2. The Bertz CT molecular complexity index is 422. The van der Waals surface area contributed by atoms with Crippen molar-refractivity contribution in [1.29, 1.82) is 0 Å². The highest BCUT2D eigenvalue weighted by Crippen LogP contribution is 2.30.